The summed E-state index contributed by atoms with van der Waals surface area (Å²) in [5.41, 5.74) is 6.17. The highest BCUT2D eigenvalue weighted by atomic mass is 19.1. The fraction of sp³-hybridized carbons (Fsp3) is 0.125. The summed E-state index contributed by atoms with van der Waals surface area (Å²) in [7, 11) is 5.28. The summed E-state index contributed by atoms with van der Waals surface area (Å²) in [6, 6.07) is 19.7. The minimum atomic E-state index is -0.457. The summed E-state index contributed by atoms with van der Waals surface area (Å²) in [5, 5.41) is 3.21. The molecule has 0 aliphatic heterocycles. The number of amides is 1. The van der Waals surface area contributed by atoms with E-state index in [4.69, 9.17) is 8.83 Å². The van der Waals surface area contributed by atoms with Gasteiger partial charge in [-0.3, -0.25) is 4.79 Å². The molecule has 8 heteroatoms. The number of oxazole rings is 1. The lowest BCUT2D eigenvalue weighted by molar-refractivity contribution is 0.0964. The zero-order valence-corrected chi connectivity index (χ0v) is 22.3. The number of furan rings is 1. The normalized spacial score (nSPS) is 11.3. The first-order valence-corrected chi connectivity index (χ1v) is 12.7. The maximum atomic E-state index is 15.1. The maximum Gasteiger partial charge on any atom is 0.255 e. The number of hydrogen-bond donors (Lipinski definition) is 1. The summed E-state index contributed by atoms with van der Waals surface area (Å²) in [6.07, 6.45) is 0. The molecule has 6 rings (SSSR count). The predicted molar refractivity (Wildman–Crippen MR) is 152 cm³/mol. The van der Waals surface area contributed by atoms with E-state index in [0.29, 0.717) is 61.5 Å². The Morgan fingerprint density at radius 2 is 1.57 bits per heavy atom. The third kappa shape index (κ3) is 4.37. The standard InChI is InChI=1S/C32H25F2N3O3/c1-17-5-10-25-28(11-17)40-32(36-25)20-12-19(13-22(34)14-20)23-15-24-27(16-26(23)37(3)4)39-30(29(24)31(38)35-2)18-6-8-21(33)9-7-18/h5-16H,1-4H3,(H,35,38). The van der Waals surface area contributed by atoms with Gasteiger partial charge in [0.05, 0.1) is 5.56 Å². The fourth-order valence-corrected chi connectivity index (χ4v) is 4.91. The Morgan fingerprint density at radius 3 is 2.30 bits per heavy atom. The SMILES string of the molecule is CNC(=O)c1c(-c2ccc(F)cc2)oc2cc(N(C)C)c(-c3cc(F)cc(-c4nc5ccc(C)cc5o4)c3)cc12. The number of carbonyl (C=O) groups excluding carboxylic acids is 1. The number of benzene rings is 4. The van der Waals surface area contributed by atoms with Gasteiger partial charge in [-0.1, -0.05) is 6.07 Å². The van der Waals surface area contributed by atoms with Gasteiger partial charge in [0.1, 0.15) is 28.5 Å². The van der Waals surface area contributed by atoms with Crippen molar-refractivity contribution in [2.75, 3.05) is 26.0 Å². The van der Waals surface area contributed by atoms with Crippen molar-refractivity contribution in [3.8, 4) is 33.9 Å². The first-order valence-electron chi connectivity index (χ1n) is 12.7. The molecule has 0 aliphatic rings. The topological polar surface area (TPSA) is 71.5 Å². The Hall–Kier alpha value is -4.98. The molecule has 0 radical (unpaired) electrons. The average Bonchev–Trinajstić information content (AvgIpc) is 3.53. The second-order valence-corrected chi connectivity index (χ2v) is 9.87. The highest BCUT2D eigenvalue weighted by Crippen LogP contribution is 2.41. The van der Waals surface area contributed by atoms with E-state index in [1.807, 2.05) is 62.3 Å². The van der Waals surface area contributed by atoms with Crippen LogP contribution in [-0.2, 0) is 0 Å². The molecule has 6 nitrogen and oxygen atoms in total. The molecule has 0 spiro atoms. The number of nitrogens with zero attached hydrogens (tertiary/aromatic N) is 2. The van der Waals surface area contributed by atoms with Crippen LogP contribution in [0.5, 0.6) is 0 Å². The van der Waals surface area contributed by atoms with Crippen LogP contribution in [0.4, 0.5) is 14.5 Å². The molecule has 200 valence electrons. The summed E-state index contributed by atoms with van der Waals surface area (Å²) >= 11 is 0. The highest BCUT2D eigenvalue weighted by Gasteiger charge is 2.24. The lowest BCUT2D eigenvalue weighted by Crippen LogP contribution is -2.18. The van der Waals surface area contributed by atoms with Crippen molar-refractivity contribution in [3.05, 3.63) is 95.6 Å². The van der Waals surface area contributed by atoms with Gasteiger partial charge in [0.25, 0.3) is 5.91 Å². The summed E-state index contributed by atoms with van der Waals surface area (Å²) in [6.45, 7) is 1.96. The lowest BCUT2D eigenvalue weighted by Gasteiger charge is -2.18. The molecule has 2 heterocycles. The lowest BCUT2D eigenvalue weighted by atomic mass is 9.96. The van der Waals surface area contributed by atoms with Crippen molar-refractivity contribution in [1.82, 2.24) is 10.3 Å². The number of hydrogen-bond acceptors (Lipinski definition) is 5. The molecule has 1 amide bonds. The molecule has 0 saturated carbocycles. The summed E-state index contributed by atoms with van der Waals surface area (Å²) < 4.78 is 40.9. The number of fused-ring (bicyclic) bond motifs is 2. The van der Waals surface area contributed by atoms with Crippen LogP contribution in [0.2, 0.25) is 0 Å². The van der Waals surface area contributed by atoms with Gasteiger partial charge in [-0.25, -0.2) is 13.8 Å². The van der Waals surface area contributed by atoms with Crippen molar-refractivity contribution in [2.24, 2.45) is 0 Å². The van der Waals surface area contributed by atoms with Gasteiger partial charge in [0.2, 0.25) is 5.89 Å². The molecular weight excluding hydrogens is 512 g/mol. The third-order valence-electron chi connectivity index (χ3n) is 6.85. The number of aryl methyl sites for hydroxylation is 1. The van der Waals surface area contributed by atoms with Crippen LogP contribution in [0.15, 0.2) is 81.6 Å². The Morgan fingerprint density at radius 1 is 0.825 bits per heavy atom. The average molecular weight is 538 g/mol. The van der Waals surface area contributed by atoms with Gasteiger partial charge in [-0.15, -0.1) is 0 Å². The Labute approximate surface area is 228 Å². The minimum Gasteiger partial charge on any atom is -0.455 e. The molecular formula is C32H25F2N3O3. The van der Waals surface area contributed by atoms with E-state index in [2.05, 4.69) is 10.3 Å². The largest absolute Gasteiger partial charge is 0.455 e. The van der Waals surface area contributed by atoms with Gasteiger partial charge in [0, 0.05) is 55.0 Å². The number of nitrogens with one attached hydrogen (secondary N) is 1. The fourth-order valence-electron chi connectivity index (χ4n) is 4.91. The van der Waals surface area contributed by atoms with E-state index >= 15 is 4.39 Å². The number of rotatable bonds is 5. The number of anilines is 1. The van der Waals surface area contributed by atoms with Crippen LogP contribution in [0, 0.1) is 18.6 Å². The predicted octanol–water partition coefficient (Wildman–Crippen LogP) is 7.59. The van der Waals surface area contributed by atoms with Crippen LogP contribution in [-0.4, -0.2) is 32.0 Å². The number of aromatic nitrogens is 1. The summed E-state index contributed by atoms with van der Waals surface area (Å²) in [5.74, 6) is -0.584. The van der Waals surface area contributed by atoms with Crippen molar-refractivity contribution in [3.63, 3.8) is 0 Å². The molecule has 6 aromatic rings. The second-order valence-electron chi connectivity index (χ2n) is 9.87. The Balaban J connectivity index is 1.57. The van der Waals surface area contributed by atoms with E-state index < -0.39 is 11.6 Å². The van der Waals surface area contributed by atoms with E-state index in [1.165, 1.54) is 31.3 Å². The Kier molecular flexibility index (Phi) is 6.10. The first kappa shape index (κ1) is 25.3. The second kappa shape index (κ2) is 9.64. The summed E-state index contributed by atoms with van der Waals surface area (Å²) in [4.78, 5) is 19.5. The quantitative estimate of drug-likeness (QED) is 0.245. The van der Waals surface area contributed by atoms with E-state index in [9.17, 15) is 9.18 Å². The van der Waals surface area contributed by atoms with Crippen molar-refractivity contribution < 1.29 is 22.4 Å². The van der Waals surface area contributed by atoms with E-state index in [-0.39, 0.29) is 5.91 Å². The number of halogens is 2. The van der Waals surface area contributed by atoms with E-state index in [1.54, 1.807) is 12.1 Å². The van der Waals surface area contributed by atoms with Gasteiger partial charge in [-0.05, 0) is 78.7 Å². The molecule has 4 aromatic carbocycles. The molecule has 0 saturated heterocycles. The molecule has 0 atom stereocenters. The number of carbonyl (C=O) groups is 1. The molecule has 0 bridgehead atoms. The molecule has 0 fully saturated rings. The molecule has 2 aromatic heterocycles. The van der Waals surface area contributed by atoms with Gasteiger partial charge < -0.3 is 19.1 Å². The first-order chi connectivity index (χ1) is 19.2. The van der Waals surface area contributed by atoms with Crippen molar-refractivity contribution in [1.29, 1.82) is 0 Å². The van der Waals surface area contributed by atoms with Crippen molar-refractivity contribution in [2.45, 2.75) is 6.92 Å². The van der Waals surface area contributed by atoms with Gasteiger partial charge >= 0.3 is 0 Å². The van der Waals surface area contributed by atoms with Crippen LogP contribution in [0.1, 0.15) is 15.9 Å². The van der Waals surface area contributed by atoms with Crippen LogP contribution in [0.3, 0.4) is 0 Å². The van der Waals surface area contributed by atoms with Crippen LogP contribution >= 0.6 is 0 Å². The highest BCUT2D eigenvalue weighted by molar-refractivity contribution is 6.13. The third-order valence-corrected chi connectivity index (χ3v) is 6.85. The smallest absolute Gasteiger partial charge is 0.255 e. The van der Waals surface area contributed by atoms with E-state index in [0.717, 1.165) is 11.3 Å². The van der Waals surface area contributed by atoms with Crippen LogP contribution in [0.25, 0.3) is 56.0 Å². The zero-order valence-electron chi connectivity index (χ0n) is 22.3. The molecule has 40 heavy (non-hydrogen) atoms. The maximum absolute atomic E-state index is 15.1. The molecule has 1 N–H and O–H groups in total. The van der Waals surface area contributed by atoms with Gasteiger partial charge in [-0.2, -0.15) is 0 Å². The molecule has 0 unspecified atom stereocenters. The monoisotopic (exact) mass is 537 g/mol. The zero-order chi connectivity index (χ0) is 28.1. The molecule has 0 aliphatic carbocycles. The Bertz CT molecular complexity index is 1920. The minimum absolute atomic E-state index is 0.307. The van der Waals surface area contributed by atoms with Crippen LogP contribution < -0.4 is 10.2 Å². The van der Waals surface area contributed by atoms with Gasteiger partial charge in [0.15, 0.2) is 5.58 Å². The van der Waals surface area contributed by atoms with Crippen molar-refractivity contribution >= 4 is 33.7 Å².